The molecule has 0 atom stereocenters. The highest BCUT2D eigenvalue weighted by Crippen LogP contribution is 2.27. The van der Waals surface area contributed by atoms with Gasteiger partial charge in [-0.15, -0.1) is 0 Å². The van der Waals surface area contributed by atoms with Crippen LogP contribution in [0.5, 0.6) is 0 Å². The van der Waals surface area contributed by atoms with E-state index in [0.29, 0.717) is 17.1 Å². The zero-order valence-electron chi connectivity index (χ0n) is 14.8. The number of primary sulfonamides is 1. The van der Waals surface area contributed by atoms with E-state index in [1.165, 1.54) is 31.4 Å². The second kappa shape index (κ2) is 8.40. The van der Waals surface area contributed by atoms with Crippen molar-refractivity contribution >= 4 is 15.7 Å². The zero-order chi connectivity index (χ0) is 18.4. The predicted molar refractivity (Wildman–Crippen MR) is 100 cm³/mol. The number of nitrogen functional groups attached to an aromatic ring is 1. The lowest BCUT2D eigenvalue weighted by molar-refractivity contribution is 0.598. The van der Waals surface area contributed by atoms with E-state index in [1.807, 2.05) is 13.0 Å². The van der Waals surface area contributed by atoms with Crippen LogP contribution in [0.15, 0.2) is 29.2 Å². The fourth-order valence-electron chi connectivity index (χ4n) is 2.76. The number of benzene rings is 1. The van der Waals surface area contributed by atoms with E-state index in [9.17, 15) is 8.42 Å². The van der Waals surface area contributed by atoms with Gasteiger partial charge in [-0.05, 0) is 44.0 Å². The number of unbranched alkanes of at least 4 members (excludes halogenated alkanes) is 4. The van der Waals surface area contributed by atoms with E-state index >= 15 is 0 Å². The summed E-state index contributed by atoms with van der Waals surface area (Å²) in [4.78, 5) is 8.93. The topological polar surface area (TPSA) is 112 Å². The number of sulfonamides is 1. The second-order valence-corrected chi connectivity index (χ2v) is 7.82. The first kappa shape index (κ1) is 19.3. The summed E-state index contributed by atoms with van der Waals surface area (Å²) in [7, 11) is -3.89. The maximum atomic E-state index is 11.9. The Bertz CT molecular complexity index is 835. The molecular weight excluding hydrogens is 336 g/mol. The Morgan fingerprint density at radius 1 is 1.04 bits per heavy atom. The predicted octanol–water partition coefficient (Wildman–Crippen LogP) is 3.19. The normalized spacial score (nSPS) is 11.6. The molecule has 1 aromatic carbocycles. The lowest BCUT2D eigenvalue weighted by atomic mass is 10.1. The molecule has 1 heterocycles. The molecule has 0 saturated heterocycles. The van der Waals surface area contributed by atoms with Crippen LogP contribution in [0.25, 0.3) is 11.4 Å². The van der Waals surface area contributed by atoms with E-state index in [1.54, 1.807) is 6.07 Å². The highest BCUT2D eigenvalue weighted by molar-refractivity contribution is 7.89. The van der Waals surface area contributed by atoms with Crippen LogP contribution in [0.3, 0.4) is 0 Å². The average Bonchev–Trinajstić information content (AvgIpc) is 2.53. The van der Waals surface area contributed by atoms with E-state index < -0.39 is 10.0 Å². The van der Waals surface area contributed by atoms with Crippen molar-refractivity contribution in [3.05, 3.63) is 35.7 Å². The smallest absolute Gasteiger partial charge is 0.238 e. The quantitative estimate of drug-likeness (QED) is 0.553. The molecule has 0 aliphatic rings. The highest BCUT2D eigenvalue weighted by Gasteiger charge is 2.18. The first-order valence-electron chi connectivity index (χ1n) is 8.58. The monoisotopic (exact) mass is 362 g/mol. The summed E-state index contributed by atoms with van der Waals surface area (Å²) in [6, 6.07) is 6.40. The Morgan fingerprint density at radius 3 is 2.44 bits per heavy atom. The van der Waals surface area contributed by atoms with Crippen LogP contribution in [0.2, 0.25) is 0 Å². The van der Waals surface area contributed by atoms with Crippen molar-refractivity contribution in [2.45, 2.75) is 57.3 Å². The van der Waals surface area contributed by atoms with Gasteiger partial charge < -0.3 is 5.73 Å². The van der Waals surface area contributed by atoms with E-state index in [2.05, 4.69) is 16.9 Å². The van der Waals surface area contributed by atoms with Gasteiger partial charge in [0.1, 0.15) is 0 Å². The lowest BCUT2D eigenvalue weighted by Gasteiger charge is -2.10. The first-order valence-corrected chi connectivity index (χ1v) is 10.1. The third-order valence-electron chi connectivity index (χ3n) is 3.99. The van der Waals surface area contributed by atoms with Gasteiger partial charge in [-0.3, -0.25) is 0 Å². The summed E-state index contributed by atoms with van der Waals surface area (Å²) in [6.45, 7) is 4.06. The number of nitrogens with two attached hydrogens (primary N) is 2. The largest absolute Gasteiger partial charge is 0.399 e. The minimum atomic E-state index is -3.89. The Labute approximate surface area is 149 Å². The molecule has 7 heteroatoms. The van der Waals surface area contributed by atoms with Gasteiger partial charge in [-0.2, -0.15) is 0 Å². The van der Waals surface area contributed by atoms with Crippen molar-refractivity contribution in [2.75, 3.05) is 5.73 Å². The third kappa shape index (κ3) is 5.51. The minimum absolute atomic E-state index is 0.0128. The maximum Gasteiger partial charge on any atom is 0.238 e. The highest BCUT2D eigenvalue weighted by atomic mass is 32.2. The molecule has 4 N–H and O–H groups in total. The molecule has 6 nitrogen and oxygen atoms in total. The van der Waals surface area contributed by atoms with E-state index in [-0.39, 0.29) is 4.90 Å². The molecule has 2 aromatic rings. The summed E-state index contributed by atoms with van der Waals surface area (Å²) < 4.78 is 23.7. The van der Waals surface area contributed by atoms with Crippen LogP contribution in [0, 0.1) is 6.92 Å². The number of hydrogen-bond donors (Lipinski definition) is 2. The van der Waals surface area contributed by atoms with Gasteiger partial charge in [0.2, 0.25) is 10.0 Å². The Morgan fingerprint density at radius 2 is 1.76 bits per heavy atom. The van der Waals surface area contributed by atoms with Gasteiger partial charge in [0.25, 0.3) is 0 Å². The molecular formula is C18H26N4O2S. The van der Waals surface area contributed by atoms with Crippen molar-refractivity contribution in [3.63, 3.8) is 0 Å². The number of nitrogens with zero attached hydrogens (tertiary/aromatic N) is 2. The molecule has 0 unspecified atom stereocenters. The lowest BCUT2D eigenvalue weighted by Crippen LogP contribution is -2.14. The molecule has 0 fully saturated rings. The van der Waals surface area contributed by atoms with Crippen molar-refractivity contribution < 1.29 is 8.42 Å². The van der Waals surface area contributed by atoms with Crippen LogP contribution in [-0.2, 0) is 16.4 Å². The minimum Gasteiger partial charge on any atom is -0.399 e. The number of aromatic nitrogens is 2. The van der Waals surface area contributed by atoms with Crippen LogP contribution in [-0.4, -0.2) is 18.4 Å². The number of anilines is 1. The van der Waals surface area contributed by atoms with Crippen molar-refractivity contribution in [1.29, 1.82) is 0 Å². The van der Waals surface area contributed by atoms with E-state index in [4.69, 9.17) is 10.9 Å². The molecule has 0 radical (unpaired) electrons. The van der Waals surface area contributed by atoms with Gasteiger partial charge >= 0.3 is 0 Å². The van der Waals surface area contributed by atoms with Gasteiger partial charge in [0.15, 0.2) is 5.82 Å². The zero-order valence-corrected chi connectivity index (χ0v) is 15.6. The molecule has 1 aromatic heterocycles. The van der Waals surface area contributed by atoms with Gasteiger partial charge in [0, 0.05) is 22.6 Å². The Balaban J connectivity index is 2.33. The standard InChI is InChI=1S/C18H26N4O2S/c1-3-4-5-6-7-8-15-11-13(2)21-18(22-15)16-12-14(19)9-10-17(16)25(20,23)24/h9-12H,3-8,19H2,1-2H3,(H2,20,23,24). The van der Waals surface area contributed by atoms with Crippen molar-refractivity contribution in [2.24, 2.45) is 5.14 Å². The van der Waals surface area contributed by atoms with Crippen molar-refractivity contribution in [3.8, 4) is 11.4 Å². The molecule has 2 rings (SSSR count). The molecule has 0 aliphatic carbocycles. The SMILES string of the molecule is CCCCCCCc1cc(C)nc(-c2cc(N)ccc2S(N)(=O)=O)n1. The molecule has 0 aliphatic heterocycles. The summed E-state index contributed by atoms with van der Waals surface area (Å²) in [6.07, 6.45) is 6.73. The Hall–Kier alpha value is -1.99. The molecule has 0 bridgehead atoms. The second-order valence-electron chi connectivity index (χ2n) is 6.29. The number of aryl methyl sites for hydroxylation is 2. The molecule has 136 valence electrons. The van der Waals surface area contributed by atoms with Crippen LogP contribution < -0.4 is 10.9 Å². The van der Waals surface area contributed by atoms with Crippen LogP contribution >= 0.6 is 0 Å². The van der Waals surface area contributed by atoms with Crippen LogP contribution in [0.1, 0.15) is 50.4 Å². The fraction of sp³-hybridized carbons (Fsp3) is 0.444. The number of rotatable bonds is 8. The fourth-order valence-corrected chi connectivity index (χ4v) is 3.48. The summed E-state index contributed by atoms with van der Waals surface area (Å²) >= 11 is 0. The van der Waals surface area contributed by atoms with Gasteiger partial charge in [-0.1, -0.05) is 32.6 Å². The van der Waals surface area contributed by atoms with Crippen LogP contribution in [0.4, 0.5) is 5.69 Å². The molecule has 0 amide bonds. The van der Waals surface area contributed by atoms with E-state index in [0.717, 1.165) is 30.7 Å². The Kier molecular flexibility index (Phi) is 6.50. The maximum absolute atomic E-state index is 11.9. The van der Waals surface area contributed by atoms with Crippen molar-refractivity contribution in [1.82, 2.24) is 9.97 Å². The summed E-state index contributed by atoms with van der Waals surface area (Å²) in [5.74, 6) is 0.347. The third-order valence-corrected chi connectivity index (χ3v) is 4.96. The first-order chi connectivity index (χ1) is 11.8. The molecule has 0 spiro atoms. The summed E-state index contributed by atoms with van der Waals surface area (Å²) in [5.41, 5.74) is 8.30. The number of hydrogen-bond acceptors (Lipinski definition) is 5. The average molecular weight is 362 g/mol. The summed E-state index contributed by atoms with van der Waals surface area (Å²) in [5, 5.41) is 5.32. The van der Waals surface area contributed by atoms with Gasteiger partial charge in [-0.25, -0.2) is 23.5 Å². The van der Waals surface area contributed by atoms with Gasteiger partial charge in [0.05, 0.1) is 4.90 Å². The molecule has 25 heavy (non-hydrogen) atoms. The molecule has 0 saturated carbocycles.